The lowest BCUT2D eigenvalue weighted by Gasteiger charge is -2.24. The summed E-state index contributed by atoms with van der Waals surface area (Å²) in [6, 6.07) is 0. The van der Waals surface area contributed by atoms with Gasteiger partial charge >= 0.3 is 5.97 Å². The van der Waals surface area contributed by atoms with Gasteiger partial charge in [-0.25, -0.2) is 0 Å². The fourth-order valence-electron chi connectivity index (χ4n) is 2.97. The lowest BCUT2D eigenvalue weighted by molar-refractivity contribution is -0.259. The van der Waals surface area contributed by atoms with Gasteiger partial charge in [0.1, 0.15) is 18.8 Å². The predicted molar refractivity (Wildman–Crippen MR) is 79.5 cm³/mol. The smallest absolute Gasteiger partial charge is 0.313 e. The molecule has 0 unspecified atom stereocenters. The van der Waals surface area contributed by atoms with Gasteiger partial charge in [-0.3, -0.25) is 9.59 Å². The summed E-state index contributed by atoms with van der Waals surface area (Å²) in [6.45, 7) is 5.12. The number of carbonyl (C=O) groups is 2. The van der Waals surface area contributed by atoms with E-state index in [1.54, 1.807) is 13.8 Å². The monoisotopic (exact) mass is 330 g/mol. The third kappa shape index (κ3) is 4.29. The van der Waals surface area contributed by atoms with Crippen LogP contribution in [0.1, 0.15) is 52.9 Å². The summed E-state index contributed by atoms with van der Waals surface area (Å²) < 4.78 is 22.1. The van der Waals surface area contributed by atoms with E-state index in [2.05, 4.69) is 6.92 Å². The van der Waals surface area contributed by atoms with Crippen LogP contribution in [-0.4, -0.2) is 53.9 Å². The zero-order valence-corrected chi connectivity index (χ0v) is 14.0. The van der Waals surface area contributed by atoms with Crippen molar-refractivity contribution in [2.75, 3.05) is 13.2 Å². The van der Waals surface area contributed by atoms with Crippen molar-refractivity contribution in [3.8, 4) is 0 Å². The first-order valence-corrected chi connectivity index (χ1v) is 8.16. The van der Waals surface area contributed by atoms with Gasteiger partial charge in [0.25, 0.3) is 0 Å². The van der Waals surface area contributed by atoms with Crippen LogP contribution < -0.4 is 0 Å². The molecule has 0 saturated carbocycles. The fraction of sp³-hybridized carbons (Fsp3) is 0.875. The van der Waals surface area contributed by atoms with Crippen LogP contribution in [0.25, 0.3) is 0 Å². The van der Waals surface area contributed by atoms with Crippen molar-refractivity contribution in [3.63, 3.8) is 0 Å². The van der Waals surface area contributed by atoms with E-state index in [0.717, 1.165) is 19.3 Å². The number of hydrogen-bond donors (Lipinski definition) is 1. The van der Waals surface area contributed by atoms with Gasteiger partial charge in [-0.15, -0.1) is 0 Å². The molecule has 0 bridgehead atoms. The number of fused-ring (bicyclic) bond motifs is 1. The minimum atomic E-state index is -1.31. The summed E-state index contributed by atoms with van der Waals surface area (Å²) in [5, 5.41) is 9.55. The number of ketones is 1. The molecule has 132 valence electrons. The topological polar surface area (TPSA) is 91.3 Å². The van der Waals surface area contributed by atoms with Gasteiger partial charge in [0.2, 0.25) is 5.79 Å². The Labute approximate surface area is 136 Å². The molecule has 0 amide bonds. The Kier molecular flexibility index (Phi) is 5.78. The summed E-state index contributed by atoms with van der Waals surface area (Å²) in [5.41, 5.74) is 0. The molecule has 0 spiro atoms. The first-order chi connectivity index (χ1) is 10.8. The molecule has 2 rings (SSSR count). The van der Waals surface area contributed by atoms with Gasteiger partial charge in [0.05, 0.1) is 6.61 Å². The number of rotatable bonds is 8. The van der Waals surface area contributed by atoms with Gasteiger partial charge < -0.3 is 24.1 Å². The third-order valence-electron chi connectivity index (χ3n) is 4.00. The Balaban J connectivity index is 1.86. The van der Waals surface area contributed by atoms with E-state index >= 15 is 0 Å². The molecule has 0 aromatic heterocycles. The number of esters is 1. The average molecular weight is 330 g/mol. The van der Waals surface area contributed by atoms with Crippen molar-refractivity contribution in [1.29, 1.82) is 0 Å². The number of aliphatic hydroxyl groups is 1. The summed E-state index contributed by atoms with van der Waals surface area (Å²) in [4.78, 5) is 23.7. The number of carbonyl (C=O) groups excluding carboxylic acids is 2. The Morgan fingerprint density at radius 2 is 2.04 bits per heavy atom. The second kappa shape index (κ2) is 7.25. The average Bonchev–Trinajstić information content (AvgIpc) is 2.91. The minimum Gasteiger partial charge on any atom is -0.457 e. The number of hydrogen-bond acceptors (Lipinski definition) is 7. The quantitative estimate of drug-likeness (QED) is 0.407. The van der Waals surface area contributed by atoms with Crippen LogP contribution in [0, 0.1) is 0 Å². The van der Waals surface area contributed by atoms with Gasteiger partial charge in [0, 0.05) is 6.42 Å². The minimum absolute atomic E-state index is 0.0665. The molecule has 0 aliphatic carbocycles. The molecule has 0 aromatic rings. The molecule has 2 fully saturated rings. The Morgan fingerprint density at radius 1 is 1.30 bits per heavy atom. The molecule has 2 aliphatic rings. The van der Waals surface area contributed by atoms with Crippen LogP contribution in [0.5, 0.6) is 0 Å². The van der Waals surface area contributed by atoms with E-state index in [4.69, 9.17) is 18.9 Å². The maximum Gasteiger partial charge on any atom is 0.313 e. The molecule has 2 heterocycles. The summed E-state index contributed by atoms with van der Waals surface area (Å²) in [7, 11) is 0. The number of Topliss-reactive ketones (excluding diaryl/α,β-unsaturated/α-hetero) is 1. The van der Waals surface area contributed by atoms with Crippen molar-refractivity contribution in [3.05, 3.63) is 0 Å². The van der Waals surface area contributed by atoms with Crippen LogP contribution in [-0.2, 0) is 28.5 Å². The highest BCUT2D eigenvalue weighted by atomic mass is 16.9. The molecule has 0 aromatic carbocycles. The van der Waals surface area contributed by atoms with E-state index in [1.165, 1.54) is 0 Å². The van der Waals surface area contributed by atoms with Crippen molar-refractivity contribution >= 4 is 11.8 Å². The highest BCUT2D eigenvalue weighted by molar-refractivity contribution is 5.95. The Hall–Kier alpha value is -1.02. The van der Waals surface area contributed by atoms with E-state index in [1.807, 2.05) is 0 Å². The second-order valence-corrected chi connectivity index (χ2v) is 6.52. The van der Waals surface area contributed by atoms with Crippen molar-refractivity contribution in [2.45, 2.75) is 76.7 Å². The fourth-order valence-corrected chi connectivity index (χ4v) is 2.97. The third-order valence-corrected chi connectivity index (χ3v) is 4.00. The van der Waals surface area contributed by atoms with Gasteiger partial charge in [-0.1, -0.05) is 19.8 Å². The second-order valence-electron chi connectivity index (χ2n) is 6.52. The highest BCUT2D eigenvalue weighted by Crippen LogP contribution is 2.43. The molecular weight excluding hydrogens is 304 g/mol. The normalized spacial score (nSPS) is 31.8. The molecule has 23 heavy (non-hydrogen) atoms. The summed E-state index contributed by atoms with van der Waals surface area (Å²) >= 11 is 0. The molecular formula is C16H26O7. The van der Waals surface area contributed by atoms with Crippen LogP contribution in [0.15, 0.2) is 0 Å². The number of aliphatic hydroxyl groups excluding tert-OH is 1. The van der Waals surface area contributed by atoms with Crippen molar-refractivity contribution in [2.24, 2.45) is 0 Å². The van der Waals surface area contributed by atoms with E-state index in [0.29, 0.717) is 6.42 Å². The van der Waals surface area contributed by atoms with Crippen molar-refractivity contribution in [1.82, 2.24) is 0 Å². The molecule has 3 atom stereocenters. The summed E-state index contributed by atoms with van der Waals surface area (Å²) in [6.07, 6.45) is 1.52. The zero-order chi connectivity index (χ0) is 17.1. The SMILES string of the molecule is CCCCCC(=O)CC(=O)O[C@H]1CO[C@@]2(CO)OC(C)(C)O[C@@H]12. The summed E-state index contributed by atoms with van der Waals surface area (Å²) in [5.74, 6) is -2.96. The highest BCUT2D eigenvalue weighted by Gasteiger charge is 2.62. The predicted octanol–water partition coefficient (Wildman–Crippen LogP) is 1.31. The van der Waals surface area contributed by atoms with E-state index < -0.39 is 36.4 Å². The number of unbranched alkanes of at least 4 members (excludes halogenated alkanes) is 2. The standard InChI is InChI=1S/C16H26O7/c1-4-5-6-7-11(18)8-13(19)21-12-9-20-16(10-17)14(12)22-15(2,3)23-16/h12,14,17H,4-10H2,1-3H3/t12-,14-,16-/m0/s1. The van der Waals surface area contributed by atoms with Gasteiger partial charge in [-0.2, -0.15) is 0 Å². The molecule has 2 aliphatic heterocycles. The van der Waals surface area contributed by atoms with Crippen LogP contribution >= 0.6 is 0 Å². The first-order valence-electron chi connectivity index (χ1n) is 8.16. The maximum atomic E-state index is 11.9. The van der Waals surface area contributed by atoms with Crippen LogP contribution in [0.2, 0.25) is 0 Å². The lowest BCUT2D eigenvalue weighted by atomic mass is 10.1. The number of ether oxygens (including phenoxy) is 4. The first kappa shape index (κ1) is 18.3. The van der Waals surface area contributed by atoms with Crippen molar-refractivity contribution < 1.29 is 33.6 Å². The molecule has 0 radical (unpaired) electrons. The van der Waals surface area contributed by atoms with Gasteiger partial charge in [0.15, 0.2) is 18.0 Å². The molecule has 1 N–H and O–H groups in total. The Morgan fingerprint density at radius 3 is 2.70 bits per heavy atom. The van der Waals surface area contributed by atoms with E-state index in [-0.39, 0.29) is 18.8 Å². The largest absolute Gasteiger partial charge is 0.457 e. The van der Waals surface area contributed by atoms with Crippen LogP contribution in [0.3, 0.4) is 0 Å². The van der Waals surface area contributed by atoms with Crippen LogP contribution in [0.4, 0.5) is 0 Å². The molecule has 7 heteroatoms. The lowest BCUT2D eigenvalue weighted by Crippen LogP contribution is -2.45. The Bertz CT molecular complexity index is 448. The zero-order valence-electron chi connectivity index (χ0n) is 14.0. The van der Waals surface area contributed by atoms with E-state index in [9.17, 15) is 14.7 Å². The van der Waals surface area contributed by atoms with Gasteiger partial charge in [-0.05, 0) is 20.3 Å². The molecule has 7 nitrogen and oxygen atoms in total. The molecule has 2 saturated heterocycles. The maximum absolute atomic E-state index is 11.9.